The smallest absolute Gasteiger partial charge is 0.241 e. The third-order valence-electron chi connectivity index (χ3n) is 2.16. The maximum atomic E-state index is 11.4. The first kappa shape index (κ1) is 26.5. The summed E-state index contributed by atoms with van der Waals surface area (Å²) in [6.07, 6.45) is 0. The maximum absolute atomic E-state index is 11.4. The Bertz CT molecular complexity index is 369. The van der Waals surface area contributed by atoms with Gasteiger partial charge in [-0.25, -0.2) is 5.01 Å². The van der Waals surface area contributed by atoms with E-state index >= 15 is 0 Å². The fraction of sp³-hybridized carbons (Fsp3) is 0.727. The zero-order chi connectivity index (χ0) is 17.5. The number of aliphatic hydroxyl groups excluding tert-OH is 1. The summed E-state index contributed by atoms with van der Waals surface area (Å²) in [4.78, 5) is 43.9. The van der Waals surface area contributed by atoms with Crippen LogP contribution in [0.3, 0.4) is 0 Å². The van der Waals surface area contributed by atoms with Gasteiger partial charge in [0.25, 0.3) is 0 Å². The number of rotatable bonds is 9. The molecule has 0 fully saturated rings. The van der Waals surface area contributed by atoms with Crippen LogP contribution in [0.15, 0.2) is 5.29 Å². The summed E-state index contributed by atoms with van der Waals surface area (Å²) in [7, 11) is 0. The molecule has 0 atom stereocenters. The molecule has 0 spiro atoms. The molecule has 11 nitrogen and oxygen atoms in total. The Morgan fingerprint density at radius 1 is 1.26 bits per heavy atom. The SMILES string of the molecule is CC(C)C(=O)CNC(=O)CN(CNC(=O)C[NH-])N=O.NCO.[W]. The van der Waals surface area contributed by atoms with E-state index in [4.69, 9.17) is 10.8 Å². The number of hydrogen-bond acceptors (Lipinski definition) is 7. The maximum Gasteiger partial charge on any atom is 0.241 e. The Balaban J connectivity index is -0.000000920. The van der Waals surface area contributed by atoms with E-state index in [-0.39, 0.29) is 59.3 Å². The van der Waals surface area contributed by atoms with Crippen molar-refractivity contribution >= 4 is 17.6 Å². The Labute approximate surface area is 148 Å². The Kier molecular flexibility index (Phi) is 19.5. The van der Waals surface area contributed by atoms with Crippen molar-refractivity contribution in [1.82, 2.24) is 15.6 Å². The van der Waals surface area contributed by atoms with Gasteiger partial charge in [0.2, 0.25) is 11.8 Å². The predicted octanol–water partition coefficient (Wildman–Crippen LogP) is -1.67. The van der Waals surface area contributed by atoms with Crippen LogP contribution < -0.4 is 16.4 Å². The molecular weight excluding hydrogens is 480 g/mol. The molecule has 0 aromatic heterocycles. The number of amides is 2. The molecule has 12 heteroatoms. The van der Waals surface area contributed by atoms with Gasteiger partial charge in [0.05, 0.1) is 18.6 Å². The number of aliphatic hydroxyl groups is 1. The third kappa shape index (κ3) is 16.8. The van der Waals surface area contributed by atoms with Crippen LogP contribution in [0.25, 0.3) is 5.73 Å². The number of nitrogens with one attached hydrogen (secondary N) is 3. The van der Waals surface area contributed by atoms with Crippen molar-refractivity contribution in [2.75, 3.05) is 33.0 Å². The summed E-state index contributed by atoms with van der Waals surface area (Å²) in [5.74, 6) is -1.43. The molecule has 0 rings (SSSR count). The van der Waals surface area contributed by atoms with Crippen LogP contribution in [-0.2, 0) is 35.4 Å². The summed E-state index contributed by atoms with van der Waals surface area (Å²) in [6.45, 7) is 1.97. The summed E-state index contributed by atoms with van der Waals surface area (Å²) < 4.78 is 0. The van der Waals surface area contributed by atoms with E-state index in [1.807, 2.05) is 0 Å². The van der Waals surface area contributed by atoms with E-state index in [2.05, 4.69) is 21.7 Å². The van der Waals surface area contributed by atoms with Gasteiger partial charge in [0, 0.05) is 27.0 Å². The molecule has 0 aromatic rings. The third-order valence-corrected chi connectivity index (χ3v) is 2.16. The van der Waals surface area contributed by atoms with Gasteiger partial charge in [-0.05, 0) is 0 Å². The zero-order valence-corrected chi connectivity index (χ0v) is 16.0. The van der Waals surface area contributed by atoms with E-state index in [1.165, 1.54) is 0 Å². The monoisotopic (exact) mass is 503 g/mol. The molecule has 6 N–H and O–H groups in total. The number of nitrogens with zero attached hydrogens (tertiary/aromatic N) is 2. The van der Waals surface area contributed by atoms with Gasteiger partial charge in [-0.1, -0.05) is 20.4 Å². The van der Waals surface area contributed by atoms with Crippen LogP contribution in [0.5, 0.6) is 0 Å². The minimum Gasteiger partial charge on any atom is -0.670 e. The number of Topliss-reactive ketones (excluding diaryl/α,β-unsaturated/α-hetero) is 1. The number of ketones is 1. The molecule has 0 bridgehead atoms. The van der Waals surface area contributed by atoms with Gasteiger partial charge in [0.15, 0.2) is 5.78 Å². The van der Waals surface area contributed by atoms with Crippen molar-refractivity contribution in [2.45, 2.75) is 13.8 Å². The average molecular weight is 503 g/mol. The van der Waals surface area contributed by atoms with Crippen molar-refractivity contribution in [3.05, 3.63) is 10.6 Å². The van der Waals surface area contributed by atoms with Crippen LogP contribution in [0.4, 0.5) is 0 Å². The van der Waals surface area contributed by atoms with Gasteiger partial charge in [-0.3, -0.25) is 14.4 Å². The van der Waals surface area contributed by atoms with E-state index in [9.17, 15) is 19.3 Å². The van der Waals surface area contributed by atoms with Gasteiger partial charge in [-0.15, -0.1) is 4.91 Å². The number of nitroso groups, excluding NO2 is 1. The van der Waals surface area contributed by atoms with Gasteiger partial charge >= 0.3 is 0 Å². The van der Waals surface area contributed by atoms with E-state index in [0.717, 1.165) is 5.01 Å². The van der Waals surface area contributed by atoms with E-state index in [1.54, 1.807) is 13.8 Å². The van der Waals surface area contributed by atoms with E-state index < -0.39 is 18.4 Å². The van der Waals surface area contributed by atoms with Crippen LogP contribution >= 0.6 is 0 Å². The second kappa shape index (κ2) is 16.9. The Morgan fingerprint density at radius 2 is 1.78 bits per heavy atom. The Hall–Kier alpha value is -1.42. The van der Waals surface area contributed by atoms with Crippen molar-refractivity contribution < 1.29 is 40.6 Å². The minimum atomic E-state index is -0.580. The van der Waals surface area contributed by atoms with Gasteiger partial charge in [-0.2, -0.15) is 0 Å². The second-order valence-electron chi connectivity index (χ2n) is 4.26. The molecule has 134 valence electrons. The first-order valence-corrected chi connectivity index (χ1v) is 6.42. The molecule has 2 amide bonds. The van der Waals surface area contributed by atoms with Crippen LogP contribution in [0, 0.1) is 10.8 Å². The van der Waals surface area contributed by atoms with Crippen LogP contribution in [0.1, 0.15) is 13.8 Å². The molecule has 0 aromatic carbocycles. The zero-order valence-electron chi connectivity index (χ0n) is 13.1. The molecule has 23 heavy (non-hydrogen) atoms. The summed E-state index contributed by atoms with van der Waals surface area (Å²) in [5.41, 5.74) is 11.2. The summed E-state index contributed by atoms with van der Waals surface area (Å²) >= 11 is 0. The second-order valence-corrected chi connectivity index (χ2v) is 4.26. The van der Waals surface area contributed by atoms with Gasteiger partial charge < -0.3 is 27.2 Å². The number of hydrogen-bond donors (Lipinski definition) is 4. The first-order chi connectivity index (χ1) is 10.3. The molecule has 0 aliphatic rings. The fourth-order valence-corrected chi connectivity index (χ4v) is 0.967. The molecule has 0 saturated heterocycles. The normalized spacial score (nSPS) is 8.96. The summed E-state index contributed by atoms with van der Waals surface area (Å²) in [6, 6.07) is 0. The predicted molar refractivity (Wildman–Crippen MR) is 78.8 cm³/mol. The first-order valence-electron chi connectivity index (χ1n) is 6.42. The molecular formula is C11H23N6O5W-. The summed E-state index contributed by atoms with van der Waals surface area (Å²) in [5, 5.41) is 15.3. The largest absolute Gasteiger partial charge is 0.670 e. The molecule has 0 unspecified atom stereocenters. The van der Waals surface area contributed by atoms with Crippen molar-refractivity contribution in [3.63, 3.8) is 0 Å². The van der Waals surface area contributed by atoms with Gasteiger partial charge in [0.1, 0.15) is 13.2 Å². The van der Waals surface area contributed by atoms with Crippen molar-refractivity contribution in [2.24, 2.45) is 16.9 Å². The molecule has 0 aliphatic heterocycles. The topological polar surface area (TPSA) is 178 Å². The minimum absolute atomic E-state index is 0. The molecule has 0 aliphatic carbocycles. The molecule has 0 saturated carbocycles. The Morgan fingerprint density at radius 3 is 2.17 bits per heavy atom. The quantitative estimate of drug-likeness (QED) is 0.165. The fourth-order valence-electron chi connectivity index (χ4n) is 0.967. The average Bonchev–Trinajstić information content (AvgIpc) is 2.49. The van der Waals surface area contributed by atoms with Crippen molar-refractivity contribution in [1.29, 1.82) is 0 Å². The van der Waals surface area contributed by atoms with Crippen molar-refractivity contribution in [3.8, 4) is 0 Å². The molecule has 0 radical (unpaired) electrons. The van der Waals surface area contributed by atoms with E-state index in [0.29, 0.717) is 0 Å². The number of carbonyl (C=O) groups is 3. The van der Waals surface area contributed by atoms with Crippen LogP contribution in [-0.4, -0.2) is 60.7 Å². The number of nitrogens with two attached hydrogens (primary N) is 1. The van der Waals surface area contributed by atoms with Crippen LogP contribution in [0.2, 0.25) is 0 Å². The number of carbonyl (C=O) groups excluding carboxylic acids is 3. The standard InChI is InChI=1S/C10H18N5O4.CH5NO.W/c1-7(2)8(16)4-12-10(18)5-15(14-19)6-13-9(17)3-11;2-1-3;/h7,11H,3-6H2,1-2H3,(H,12,18)(H,13,17);3H,1-2H2;/q-1;;. The molecule has 0 heterocycles.